The molecular weight excluding hydrogens is 424 g/mol. The summed E-state index contributed by atoms with van der Waals surface area (Å²) in [4.78, 5) is 30.2. The minimum atomic E-state index is -0.734. The SMILES string of the molecule is C=CCCCC1(CC=C)CN(Cc2ccc(OC)cc2)C(=O)c2c(c3ccccc3n2C)C1=O. The van der Waals surface area contributed by atoms with E-state index in [1.54, 1.807) is 7.11 Å². The molecule has 2 heterocycles. The molecule has 1 unspecified atom stereocenters. The van der Waals surface area contributed by atoms with Gasteiger partial charge in [0.05, 0.1) is 18.1 Å². The number of carbonyl (C=O) groups is 2. The van der Waals surface area contributed by atoms with Crippen LogP contribution in [0.5, 0.6) is 5.75 Å². The molecule has 0 radical (unpaired) electrons. The smallest absolute Gasteiger partial charge is 0.271 e. The molecular formula is C29H32N2O3. The van der Waals surface area contributed by atoms with Gasteiger partial charge in [0.1, 0.15) is 11.4 Å². The summed E-state index contributed by atoms with van der Waals surface area (Å²) in [7, 11) is 3.50. The molecule has 1 aliphatic heterocycles. The van der Waals surface area contributed by atoms with Gasteiger partial charge >= 0.3 is 0 Å². The largest absolute Gasteiger partial charge is 0.497 e. The molecule has 0 N–H and O–H groups in total. The van der Waals surface area contributed by atoms with E-state index in [4.69, 9.17) is 4.74 Å². The van der Waals surface area contributed by atoms with Crippen LogP contribution in [0.15, 0.2) is 73.8 Å². The van der Waals surface area contributed by atoms with Crippen molar-refractivity contribution in [3.05, 3.63) is 90.7 Å². The van der Waals surface area contributed by atoms with E-state index in [9.17, 15) is 9.59 Å². The first-order valence-electron chi connectivity index (χ1n) is 11.7. The molecule has 5 heteroatoms. The Kier molecular flexibility index (Phi) is 6.73. The number of para-hydroxylation sites is 1. The highest BCUT2D eigenvalue weighted by Crippen LogP contribution is 2.42. The number of allylic oxidation sites excluding steroid dienone is 2. The maximum atomic E-state index is 14.3. The lowest BCUT2D eigenvalue weighted by Gasteiger charge is -2.35. The molecule has 0 aliphatic carbocycles. The molecule has 176 valence electrons. The zero-order chi connectivity index (χ0) is 24.3. The summed E-state index contributed by atoms with van der Waals surface area (Å²) in [6, 6.07) is 15.5. The van der Waals surface area contributed by atoms with Gasteiger partial charge in [-0.2, -0.15) is 0 Å². The first kappa shape index (κ1) is 23.6. The van der Waals surface area contributed by atoms with Crippen molar-refractivity contribution in [3.63, 3.8) is 0 Å². The summed E-state index contributed by atoms with van der Waals surface area (Å²) in [6.45, 7) is 8.58. The summed E-state index contributed by atoms with van der Waals surface area (Å²) in [5, 5.41) is 0.835. The Morgan fingerprint density at radius 3 is 2.47 bits per heavy atom. The number of aromatic nitrogens is 1. The van der Waals surface area contributed by atoms with E-state index in [2.05, 4.69) is 13.2 Å². The number of nitrogens with zero attached hydrogens (tertiary/aromatic N) is 2. The summed E-state index contributed by atoms with van der Waals surface area (Å²) < 4.78 is 7.16. The van der Waals surface area contributed by atoms with Gasteiger partial charge in [0.2, 0.25) is 0 Å². The van der Waals surface area contributed by atoms with E-state index in [1.807, 2.05) is 77.2 Å². The lowest BCUT2D eigenvalue weighted by atomic mass is 9.73. The van der Waals surface area contributed by atoms with Crippen molar-refractivity contribution in [1.29, 1.82) is 0 Å². The zero-order valence-corrected chi connectivity index (χ0v) is 20.0. The molecule has 1 atom stereocenters. The van der Waals surface area contributed by atoms with E-state index < -0.39 is 5.41 Å². The number of carbonyl (C=O) groups excluding carboxylic acids is 2. The fourth-order valence-electron chi connectivity index (χ4n) is 5.19. The van der Waals surface area contributed by atoms with Crippen LogP contribution in [0.4, 0.5) is 0 Å². The third-order valence-electron chi connectivity index (χ3n) is 6.93. The Bertz CT molecular complexity index is 1240. The maximum absolute atomic E-state index is 14.3. The van der Waals surface area contributed by atoms with Gasteiger partial charge < -0.3 is 14.2 Å². The van der Waals surface area contributed by atoms with Crippen molar-refractivity contribution in [2.45, 2.75) is 32.2 Å². The fourth-order valence-corrected chi connectivity index (χ4v) is 5.19. The Morgan fingerprint density at radius 1 is 1.06 bits per heavy atom. The standard InChI is InChI=1S/C29H32N2O3/c1-5-7-10-18-29(17-6-2)20-31(19-21-13-15-22(34-4)16-14-21)28(33)26-25(27(29)32)23-11-8-9-12-24(23)30(26)3/h5-6,8-9,11-16H,1-2,7,10,17-20H2,3-4H3. The average Bonchev–Trinajstić information content (AvgIpc) is 3.11. The Morgan fingerprint density at radius 2 is 1.79 bits per heavy atom. The second kappa shape index (κ2) is 9.72. The van der Waals surface area contributed by atoms with Crippen molar-refractivity contribution in [1.82, 2.24) is 9.47 Å². The first-order chi connectivity index (χ1) is 16.5. The van der Waals surface area contributed by atoms with Crippen LogP contribution in [0, 0.1) is 5.41 Å². The summed E-state index contributed by atoms with van der Waals surface area (Å²) in [5.74, 6) is 0.684. The van der Waals surface area contributed by atoms with Crippen molar-refractivity contribution in [2.75, 3.05) is 13.7 Å². The number of amides is 1. The van der Waals surface area contributed by atoms with Gasteiger partial charge in [-0.05, 0) is 49.4 Å². The van der Waals surface area contributed by atoms with E-state index in [0.717, 1.165) is 35.1 Å². The molecule has 0 saturated carbocycles. The van der Waals surface area contributed by atoms with Gasteiger partial charge in [-0.15, -0.1) is 13.2 Å². The van der Waals surface area contributed by atoms with Crippen LogP contribution < -0.4 is 4.74 Å². The van der Waals surface area contributed by atoms with Crippen LogP contribution in [0.2, 0.25) is 0 Å². The number of ether oxygens (including phenoxy) is 1. The Balaban J connectivity index is 1.87. The van der Waals surface area contributed by atoms with Crippen LogP contribution in [0.3, 0.4) is 0 Å². The van der Waals surface area contributed by atoms with Crippen molar-refractivity contribution >= 4 is 22.6 Å². The molecule has 1 aliphatic rings. The predicted octanol–water partition coefficient (Wildman–Crippen LogP) is 5.94. The topological polar surface area (TPSA) is 51.5 Å². The van der Waals surface area contributed by atoms with Crippen LogP contribution in [-0.4, -0.2) is 34.8 Å². The molecule has 1 amide bonds. The molecule has 2 aromatic carbocycles. The molecule has 4 rings (SSSR count). The number of fused-ring (bicyclic) bond motifs is 3. The number of hydrogen-bond donors (Lipinski definition) is 0. The normalized spacial score (nSPS) is 18.0. The Labute approximate surface area is 201 Å². The van der Waals surface area contributed by atoms with Crippen LogP contribution in [0.1, 0.15) is 52.1 Å². The van der Waals surface area contributed by atoms with Gasteiger partial charge in [0.15, 0.2) is 5.78 Å². The number of rotatable bonds is 9. The third-order valence-corrected chi connectivity index (χ3v) is 6.93. The monoisotopic (exact) mass is 456 g/mol. The predicted molar refractivity (Wildman–Crippen MR) is 136 cm³/mol. The highest BCUT2D eigenvalue weighted by Gasteiger charge is 2.46. The molecule has 0 saturated heterocycles. The number of benzene rings is 2. The number of hydrogen-bond acceptors (Lipinski definition) is 3. The Hall–Kier alpha value is -3.60. The number of methoxy groups -OCH3 is 1. The average molecular weight is 457 g/mol. The van der Waals surface area contributed by atoms with Crippen molar-refractivity contribution in [2.24, 2.45) is 12.5 Å². The molecule has 3 aromatic rings. The summed E-state index contributed by atoms with van der Waals surface area (Å²) >= 11 is 0. The van der Waals surface area contributed by atoms with Gasteiger partial charge in [-0.3, -0.25) is 9.59 Å². The van der Waals surface area contributed by atoms with E-state index in [-0.39, 0.29) is 11.7 Å². The number of Topliss-reactive ketones (excluding diaryl/α,β-unsaturated/α-hetero) is 1. The number of aryl methyl sites for hydroxylation is 1. The van der Waals surface area contributed by atoms with Gasteiger partial charge in [0.25, 0.3) is 5.91 Å². The molecule has 0 spiro atoms. The second-order valence-corrected chi connectivity index (χ2v) is 9.09. The van der Waals surface area contributed by atoms with Gasteiger partial charge in [-0.25, -0.2) is 0 Å². The third kappa shape index (κ3) is 4.07. The van der Waals surface area contributed by atoms with Crippen molar-refractivity contribution < 1.29 is 14.3 Å². The van der Waals surface area contributed by atoms with E-state index in [0.29, 0.717) is 37.2 Å². The quantitative estimate of drug-likeness (QED) is 0.296. The molecule has 0 fully saturated rings. The first-order valence-corrected chi connectivity index (χ1v) is 11.7. The van der Waals surface area contributed by atoms with Gasteiger partial charge in [-0.1, -0.05) is 42.5 Å². The zero-order valence-electron chi connectivity index (χ0n) is 20.0. The van der Waals surface area contributed by atoms with Gasteiger partial charge in [0, 0.05) is 31.0 Å². The highest BCUT2D eigenvalue weighted by atomic mass is 16.5. The van der Waals surface area contributed by atoms with Crippen LogP contribution in [-0.2, 0) is 13.6 Å². The van der Waals surface area contributed by atoms with Crippen molar-refractivity contribution in [3.8, 4) is 5.75 Å². The lowest BCUT2D eigenvalue weighted by molar-refractivity contribution is 0.0581. The lowest BCUT2D eigenvalue weighted by Crippen LogP contribution is -2.42. The molecule has 1 aromatic heterocycles. The number of unbranched alkanes of at least 4 members (excludes halogenated alkanes) is 1. The van der Waals surface area contributed by atoms with E-state index >= 15 is 0 Å². The highest BCUT2D eigenvalue weighted by molar-refractivity contribution is 6.19. The minimum Gasteiger partial charge on any atom is -0.497 e. The molecule has 0 bridgehead atoms. The molecule has 34 heavy (non-hydrogen) atoms. The summed E-state index contributed by atoms with van der Waals surface area (Å²) in [6.07, 6.45) is 6.52. The van der Waals surface area contributed by atoms with E-state index in [1.165, 1.54) is 0 Å². The summed E-state index contributed by atoms with van der Waals surface area (Å²) in [5.41, 5.74) is 2.15. The van der Waals surface area contributed by atoms with Crippen LogP contribution >= 0.6 is 0 Å². The number of ketones is 1. The maximum Gasteiger partial charge on any atom is 0.271 e. The minimum absolute atomic E-state index is 0.0360. The molecule has 5 nitrogen and oxygen atoms in total. The van der Waals surface area contributed by atoms with Crippen LogP contribution in [0.25, 0.3) is 10.9 Å². The second-order valence-electron chi connectivity index (χ2n) is 9.09. The fraction of sp³-hybridized carbons (Fsp3) is 0.310.